The quantitative estimate of drug-likeness (QED) is 0.216. The summed E-state index contributed by atoms with van der Waals surface area (Å²) in [6.45, 7) is -0.623. The second kappa shape index (κ2) is 12.2. The predicted molar refractivity (Wildman–Crippen MR) is 118 cm³/mol. The molecule has 208 valence electrons. The first kappa shape index (κ1) is 28.8. The zero-order chi connectivity index (χ0) is 27.2. The molecular weight excluding hydrogens is 505 g/mol. The molecule has 12 nitrogen and oxygen atoms in total. The second-order valence-corrected chi connectivity index (χ2v) is 9.64. The van der Waals surface area contributed by atoms with Crippen LogP contribution in [0.15, 0.2) is 0 Å². The Morgan fingerprint density at radius 1 is 1.08 bits per heavy atom. The van der Waals surface area contributed by atoms with Gasteiger partial charge in [-0.2, -0.15) is 0 Å². The Balaban J connectivity index is 1.65. The highest BCUT2D eigenvalue weighted by molar-refractivity contribution is 6.35. The van der Waals surface area contributed by atoms with Gasteiger partial charge < -0.3 is 30.7 Å². The third-order valence-corrected chi connectivity index (χ3v) is 6.42. The molecule has 3 unspecified atom stereocenters. The first-order valence-electron chi connectivity index (χ1n) is 11.9. The van der Waals surface area contributed by atoms with Gasteiger partial charge in [0.2, 0.25) is 11.8 Å². The van der Waals surface area contributed by atoms with Gasteiger partial charge in [-0.05, 0) is 25.2 Å². The maximum atomic E-state index is 13.1. The smallest absolute Gasteiger partial charge is 0.382 e. The van der Waals surface area contributed by atoms with E-state index < -0.39 is 60.0 Å². The second-order valence-electron chi connectivity index (χ2n) is 9.64. The van der Waals surface area contributed by atoms with Crippen LogP contribution in [0.5, 0.6) is 0 Å². The highest BCUT2D eigenvalue weighted by atomic mass is 19.4. The first-order valence-corrected chi connectivity index (χ1v) is 11.9. The van der Waals surface area contributed by atoms with Crippen LogP contribution in [-0.2, 0) is 38.2 Å². The highest BCUT2D eigenvalue weighted by Crippen LogP contribution is 2.33. The number of rotatable bonds is 13. The van der Waals surface area contributed by atoms with Gasteiger partial charge in [0.05, 0.1) is 25.9 Å². The minimum atomic E-state index is -5.06. The lowest BCUT2D eigenvalue weighted by Crippen LogP contribution is -2.67. The van der Waals surface area contributed by atoms with E-state index in [1.54, 1.807) is 0 Å². The number of ketones is 1. The Morgan fingerprint density at radius 2 is 1.78 bits per heavy atom. The summed E-state index contributed by atoms with van der Waals surface area (Å²) in [5.41, 5.74) is -0.866. The van der Waals surface area contributed by atoms with Gasteiger partial charge in [-0.25, -0.2) is 0 Å². The molecule has 0 bridgehead atoms. The van der Waals surface area contributed by atoms with Crippen molar-refractivity contribution in [3.63, 3.8) is 0 Å². The van der Waals surface area contributed by atoms with Crippen molar-refractivity contribution in [1.29, 1.82) is 0 Å². The first-order chi connectivity index (χ1) is 17.4. The third-order valence-electron chi connectivity index (χ3n) is 6.42. The Kier molecular flexibility index (Phi) is 9.47. The van der Waals surface area contributed by atoms with Crippen molar-refractivity contribution in [2.24, 2.45) is 11.8 Å². The van der Waals surface area contributed by atoms with E-state index in [1.807, 2.05) is 0 Å². The summed E-state index contributed by atoms with van der Waals surface area (Å²) in [4.78, 5) is 62.6. The number of ether oxygens (including phenoxy) is 3. The fraction of sp³-hybridized carbons (Fsp3) is 0.773. The maximum Gasteiger partial charge on any atom is 0.522 e. The van der Waals surface area contributed by atoms with Gasteiger partial charge >= 0.3 is 18.2 Å². The Labute approximate surface area is 210 Å². The minimum Gasteiger partial charge on any atom is -0.382 e. The zero-order valence-corrected chi connectivity index (χ0v) is 20.3. The fourth-order valence-corrected chi connectivity index (χ4v) is 4.21. The van der Waals surface area contributed by atoms with Crippen LogP contribution in [0.4, 0.5) is 13.2 Å². The van der Waals surface area contributed by atoms with Gasteiger partial charge in [-0.1, -0.05) is 12.8 Å². The molecule has 3 aliphatic rings. The Morgan fingerprint density at radius 3 is 2.30 bits per heavy atom. The number of halogens is 3. The molecule has 4 N–H and O–H groups in total. The molecule has 4 amide bonds. The lowest BCUT2D eigenvalue weighted by molar-refractivity contribution is -0.321. The molecule has 3 rings (SSSR count). The number of carbonyl (C=O) groups is 5. The molecule has 2 aliphatic heterocycles. The van der Waals surface area contributed by atoms with E-state index in [0.717, 1.165) is 12.8 Å². The highest BCUT2D eigenvalue weighted by Gasteiger charge is 2.42. The van der Waals surface area contributed by atoms with Crippen LogP contribution in [-0.4, -0.2) is 93.5 Å². The zero-order valence-electron chi connectivity index (χ0n) is 20.3. The van der Waals surface area contributed by atoms with Crippen LogP contribution in [0.25, 0.3) is 0 Å². The van der Waals surface area contributed by atoms with Crippen molar-refractivity contribution in [1.82, 2.24) is 21.3 Å². The number of methoxy groups -OCH3 is 1. The van der Waals surface area contributed by atoms with E-state index in [0.29, 0.717) is 13.0 Å². The molecule has 2 saturated heterocycles. The average molecular weight is 537 g/mol. The largest absolute Gasteiger partial charge is 0.522 e. The molecule has 3 fully saturated rings. The van der Waals surface area contributed by atoms with E-state index in [1.165, 1.54) is 7.11 Å². The lowest BCUT2D eigenvalue weighted by Gasteiger charge is -2.41. The van der Waals surface area contributed by atoms with E-state index in [2.05, 4.69) is 26.0 Å². The lowest BCUT2D eigenvalue weighted by atomic mass is 9.95. The number of carbonyl (C=O) groups excluding carboxylic acids is 5. The number of hydrogen-bond acceptors (Lipinski definition) is 8. The molecule has 37 heavy (non-hydrogen) atoms. The van der Waals surface area contributed by atoms with E-state index >= 15 is 0 Å². The van der Waals surface area contributed by atoms with Crippen LogP contribution in [0.2, 0.25) is 0 Å². The topological polar surface area (TPSA) is 161 Å². The monoisotopic (exact) mass is 536 g/mol. The maximum absolute atomic E-state index is 13.1. The van der Waals surface area contributed by atoms with E-state index in [9.17, 15) is 37.1 Å². The summed E-state index contributed by atoms with van der Waals surface area (Å²) in [6.07, 6.45) is -3.19. The third kappa shape index (κ3) is 8.64. The number of Topliss-reactive ketones (excluding diaryl/α,β-unsaturated/α-hetero) is 1. The van der Waals surface area contributed by atoms with Crippen molar-refractivity contribution in [2.45, 2.75) is 56.1 Å². The van der Waals surface area contributed by atoms with Gasteiger partial charge in [0.1, 0.15) is 18.2 Å². The van der Waals surface area contributed by atoms with Crippen LogP contribution in [0.1, 0.15) is 32.1 Å². The molecule has 0 spiro atoms. The van der Waals surface area contributed by atoms with Crippen molar-refractivity contribution < 1.29 is 51.4 Å². The van der Waals surface area contributed by atoms with E-state index in [-0.39, 0.29) is 44.5 Å². The molecule has 2 heterocycles. The van der Waals surface area contributed by atoms with Crippen molar-refractivity contribution >= 4 is 29.4 Å². The number of amides is 4. The summed E-state index contributed by atoms with van der Waals surface area (Å²) in [6, 6.07) is -2.69. The van der Waals surface area contributed by atoms with Gasteiger partial charge in [0.25, 0.3) is 0 Å². The summed E-state index contributed by atoms with van der Waals surface area (Å²) >= 11 is 0. The van der Waals surface area contributed by atoms with Crippen molar-refractivity contribution in [3.05, 3.63) is 0 Å². The van der Waals surface area contributed by atoms with Gasteiger partial charge in [-0.15, -0.1) is 13.2 Å². The summed E-state index contributed by atoms with van der Waals surface area (Å²) < 4.78 is 51.2. The average Bonchev–Trinajstić information content (AvgIpc) is 3.54. The Hall–Kier alpha value is -2.78. The summed E-state index contributed by atoms with van der Waals surface area (Å²) in [5.74, 6) is -5.01. The molecule has 0 aromatic carbocycles. The molecule has 3 atom stereocenters. The minimum absolute atomic E-state index is 0.0994. The standard InChI is InChI=1S/C22H31F3N4O8/c1-35-9-21(10-36-11-21)29-20(34)19(33)28-15(6-12-2-3-12)18(32)27-14(7-13-4-5-26-17(13)31)16(30)8-37-22(23,24)25/h12-15H,2-11H2,1H3,(H,26,31)(H,27,32)(H,28,33)(H,29,34). The molecule has 0 aromatic rings. The fourth-order valence-electron chi connectivity index (χ4n) is 4.21. The van der Waals surface area contributed by atoms with Crippen LogP contribution in [0, 0.1) is 11.8 Å². The van der Waals surface area contributed by atoms with Crippen LogP contribution >= 0.6 is 0 Å². The van der Waals surface area contributed by atoms with Gasteiger partial charge in [0, 0.05) is 19.6 Å². The normalized spacial score (nSPS) is 22.3. The van der Waals surface area contributed by atoms with Crippen molar-refractivity contribution in [3.8, 4) is 0 Å². The van der Waals surface area contributed by atoms with Crippen LogP contribution < -0.4 is 21.3 Å². The number of hydrogen-bond donors (Lipinski definition) is 4. The van der Waals surface area contributed by atoms with E-state index in [4.69, 9.17) is 9.47 Å². The molecular formula is C22H31F3N4O8. The molecule has 0 radical (unpaired) electrons. The summed E-state index contributed by atoms with van der Waals surface area (Å²) in [5, 5.41) is 9.82. The SMILES string of the molecule is COCC1(NC(=O)C(=O)NC(CC2CC2)C(=O)NC(CC2CCNC2=O)C(=O)COC(F)(F)F)COC1. The predicted octanol–water partition coefficient (Wildman–Crippen LogP) is -1.08. The summed E-state index contributed by atoms with van der Waals surface area (Å²) in [7, 11) is 1.43. The molecule has 1 saturated carbocycles. The van der Waals surface area contributed by atoms with Crippen molar-refractivity contribution in [2.75, 3.05) is 40.1 Å². The molecule has 15 heteroatoms. The molecule has 0 aromatic heterocycles. The molecule has 1 aliphatic carbocycles. The van der Waals surface area contributed by atoms with Crippen LogP contribution in [0.3, 0.4) is 0 Å². The van der Waals surface area contributed by atoms with Gasteiger partial charge in [-0.3, -0.25) is 28.7 Å². The Bertz CT molecular complexity index is 892. The number of nitrogens with one attached hydrogen (secondary N) is 4. The van der Waals surface area contributed by atoms with Gasteiger partial charge in [0.15, 0.2) is 5.78 Å². The number of alkyl halides is 3.